The fourth-order valence-corrected chi connectivity index (χ4v) is 5.50. The number of fused-ring (bicyclic) bond motifs is 2. The van der Waals surface area contributed by atoms with Crippen molar-refractivity contribution in [2.75, 3.05) is 31.1 Å². The second kappa shape index (κ2) is 9.13. The molecule has 4 rings (SSSR count). The molecule has 1 aliphatic heterocycles. The topological polar surface area (TPSA) is 43.8 Å². The van der Waals surface area contributed by atoms with E-state index in [2.05, 4.69) is 47.9 Å². The first kappa shape index (κ1) is 20.8. The predicted octanol–water partition coefficient (Wildman–Crippen LogP) is 4.42. The first-order valence-corrected chi connectivity index (χ1v) is 11.5. The van der Waals surface area contributed by atoms with E-state index in [1.807, 2.05) is 42.5 Å². The standard InChI is InChI=1S/C25H28N2O2S/c1-19-12-13-24-25(20(19)2)27(22-10-6-7-11-23(22)30(24)29)15-14-26(16-17-28)18-21-8-4-3-5-9-21/h3-13,28H,14-18H2,1-2H3. The summed E-state index contributed by atoms with van der Waals surface area (Å²) in [6, 6.07) is 22.4. The SMILES string of the molecule is Cc1ccc2c(c1C)N(CCN(CCO)Cc1ccccc1)c1ccccc1S2=O. The van der Waals surface area contributed by atoms with Crippen molar-refractivity contribution in [3.63, 3.8) is 0 Å². The zero-order valence-electron chi connectivity index (χ0n) is 17.5. The number of para-hydroxylation sites is 1. The van der Waals surface area contributed by atoms with Gasteiger partial charge in [-0.1, -0.05) is 48.5 Å². The van der Waals surface area contributed by atoms with Gasteiger partial charge in [0.1, 0.15) is 0 Å². The Morgan fingerprint density at radius 2 is 1.63 bits per heavy atom. The number of aliphatic hydroxyl groups excluding tert-OH is 1. The van der Waals surface area contributed by atoms with Gasteiger partial charge in [0.05, 0.1) is 38.6 Å². The van der Waals surface area contributed by atoms with E-state index in [0.29, 0.717) is 6.54 Å². The Morgan fingerprint density at radius 1 is 0.900 bits per heavy atom. The maximum Gasteiger partial charge on any atom is 0.0892 e. The van der Waals surface area contributed by atoms with Gasteiger partial charge >= 0.3 is 0 Å². The number of anilines is 2. The third kappa shape index (κ3) is 4.06. The van der Waals surface area contributed by atoms with Crippen molar-refractivity contribution >= 4 is 22.2 Å². The number of nitrogens with zero attached hydrogens (tertiary/aromatic N) is 2. The van der Waals surface area contributed by atoms with Crippen LogP contribution in [0.5, 0.6) is 0 Å². The normalized spacial score (nSPS) is 15.2. The number of aryl methyl sites for hydroxylation is 1. The average molecular weight is 421 g/mol. The van der Waals surface area contributed by atoms with Crippen LogP contribution >= 0.6 is 0 Å². The highest BCUT2D eigenvalue weighted by atomic mass is 32.2. The first-order valence-electron chi connectivity index (χ1n) is 10.4. The van der Waals surface area contributed by atoms with Crippen LogP contribution in [-0.4, -0.2) is 40.5 Å². The van der Waals surface area contributed by atoms with Crippen LogP contribution < -0.4 is 4.90 Å². The molecular weight excluding hydrogens is 392 g/mol. The van der Waals surface area contributed by atoms with Crippen molar-refractivity contribution in [3.8, 4) is 0 Å². The molecule has 4 nitrogen and oxygen atoms in total. The molecule has 3 aromatic rings. The Balaban J connectivity index is 1.65. The van der Waals surface area contributed by atoms with Gasteiger partial charge in [0.25, 0.3) is 0 Å². The van der Waals surface area contributed by atoms with Gasteiger partial charge in [0.2, 0.25) is 0 Å². The van der Waals surface area contributed by atoms with Crippen molar-refractivity contribution in [2.45, 2.75) is 30.2 Å². The van der Waals surface area contributed by atoms with Crippen LogP contribution in [0.3, 0.4) is 0 Å². The van der Waals surface area contributed by atoms with Crippen LogP contribution in [-0.2, 0) is 17.3 Å². The minimum Gasteiger partial charge on any atom is -0.395 e. The minimum atomic E-state index is -1.17. The maximum absolute atomic E-state index is 13.2. The summed E-state index contributed by atoms with van der Waals surface area (Å²) in [7, 11) is -1.17. The minimum absolute atomic E-state index is 0.127. The highest BCUT2D eigenvalue weighted by Crippen LogP contribution is 2.44. The number of aliphatic hydroxyl groups is 1. The van der Waals surface area contributed by atoms with Gasteiger partial charge in [-0.3, -0.25) is 4.90 Å². The summed E-state index contributed by atoms with van der Waals surface area (Å²) in [5.41, 5.74) is 5.69. The first-order chi connectivity index (χ1) is 14.6. The lowest BCUT2D eigenvalue weighted by atomic mass is 10.1. The van der Waals surface area contributed by atoms with Crippen LogP contribution in [0.15, 0.2) is 76.5 Å². The Kier molecular flexibility index (Phi) is 6.32. The number of rotatable bonds is 7. The molecule has 5 heteroatoms. The summed E-state index contributed by atoms with van der Waals surface area (Å²) in [6.07, 6.45) is 0. The fraction of sp³-hybridized carbons (Fsp3) is 0.280. The average Bonchev–Trinajstić information content (AvgIpc) is 2.77. The molecule has 1 N–H and O–H groups in total. The van der Waals surface area contributed by atoms with Crippen molar-refractivity contribution < 1.29 is 9.32 Å². The Bertz CT molecular complexity index is 1050. The summed E-state index contributed by atoms with van der Waals surface area (Å²) < 4.78 is 13.2. The molecular formula is C25H28N2O2S. The number of benzene rings is 3. The molecule has 0 fully saturated rings. The Labute approximate surface area is 181 Å². The smallest absolute Gasteiger partial charge is 0.0892 e. The third-order valence-electron chi connectivity index (χ3n) is 5.80. The molecule has 3 aromatic carbocycles. The molecule has 1 atom stereocenters. The van der Waals surface area contributed by atoms with Crippen LogP contribution in [0.4, 0.5) is 11.4 Å². The van der Waals surface area contributed by atoms with Crippen LogP contribution in [0.25, 0.3) is 0 Å². The molecule has 1 unspecified atom stereocenters. The van der Waals surface area contributed by atoms with E-state index in [1.165, 1.54) is 16.7 Å². The van der Waals surface area contributed by atoms with E-state index < -0.39 is 10.8 Å². The van der Waals surface area contributed by atoms with E-state index in [9.17, 15) is 9.32 Å². The molecule has 0 bridgehead atoms. The zero-order valence-corrected chi connectivity index (χ0v) is 18.4. The number of hydrogen-bond acceptors (Lipinski definition) is 4. The second-order valence-electron chi connectivity index (χ2n) is 7.73. The van der Waals surface area contributed by atoms with Crippen LogP contribution in [0, 0.1) is 13.8 Å². The predicted molar refractivity (Wildman–Crippen MR) is 123 cm³/mol. The van der Waals surface area contributed by atoms with E-state index >= 15 is 0 Å². The Hall–Kier alpha value is -2.47. The molecule has 1 aliphatic rings. The van der Waals surface area contributed by atoms with E-state index in [1.54, 1.807) is 0 Å². The zero-order chi connectivity index (χ0) is 21.1. The van der Waals surface area contributed by atoms with Crippen LogP contribution in [0.1, 0.15) is 16.7 Å². The molecule has 30 heavy (non-hydrogen) atoms. The quantitative estimate of drug-likeness (QED) is 0.615. The molecule has 0 radical (unpaired) electrons. The lowest BCUT2D eigenvalue weighted by Crippen LogP contribution is -2.36. The number of hydrogen-bond donors (Lipinski definition) is 1. The van der Waals surface area contributed by atoms with Crippen molar-refractivity contribution in [1.82, 2.24) is 4.90 Å². The molecule has 0 aliphatic carbocycles. The Morgan fingerprint density at radius 3 is 2.40 bits per heavy atom. The fourth-order valence-electron chi connectivity index (χ4n) is 4.06. The molecule has 0 saturated heterocycles. The van der Waals surface area contributed by atoms with Gasteiger partial charge < -0.3 is 10.0 Å². The molecule has 0 aromatic heterocycles. The summed E-state index contributed by atoms with van der Waals surface area (Å²) in [5, 5.41) is 9.59. The largest absolute Gasteiger partial charge is 0.395 e. The van der Waals surface area contributed by atoms with Gasteiger partial charge in [0, 0.05) is 26.2 Å². The lowest BCUT2D eigenvalue weighted by molar-refractivity contribution is 0.193. The molecule has 0 spiro atoms. The van der Waals surface area contributed by atoms with E-state index in [0.717, 1.165) is 40.8 Å². The third-order valence-corrected chi connectivity index (χ3v) is 7.27. The van der Waals surface area contributed by atoms with Crippen molar-refractivity contribution in [2.24, 2.45) is 0 Å². The highest BCUT2D eigenvalue weighted by Gasteiger charge is 2.29. The molecule has 156 valence electrons. The molecule has 1 heterocycles. The van der Waals surface area contributed by atoms with Gasteiger partial charge in [-0.15, -0.1) is 0 Å². The van der Waals surface area contributed by atoms with Crippen molar-refractivity contribution in [1.29, 1.82) is 0 Å². The maximum atomic E-state index is 13.2. The van der Waals surface area contributed by atoms with Gasteiger partial charge in [-0.25, -0.2) is 4.21 Å². The second-order valence-corrected chi connectivity index (χ2v) is 9.14. The molecule has 0 saturated carbocycles. The highest BCUT2D eigenvalue weighted by molar-refractivity contribution is 7.85. The lowest BCUT2D eigenvalue weighted by Gasteiger charge is -2.36. The monoisotopic (exact) mass is 420 g/mol. The van der Waals surface area contributed by atoms with Gasteiger partial charge in [0.15, 0.2) is 0 Å². The van der Waals surface area contributed by atoms with Gasteiger partial charge in [-0.05, 0) is 48.7 Å². The summed E-state index contributed by atoms with van der Waals surface area (Å²) in [5.74, 6) is 0. The van der Waals surface area contributed by atoms with E-state index in [-0.39, 0.29) is 6.61 Å². The molecule has 0 amide bonds. The summed E-state index contributed by atoms with van der Waals surface area (Å²) >= 11 is 0. The summed E-state index contributed by atoms with van der Waals surface area (Å²) in [4.78, 5) is 6.33. The summed E-state index contributed by atoms with van der Waals surface area (Å²) in [6.45, 7) is 7.31. The van der Waals surface area contributed by atoms with E-state index in [4.69, 9.17) is 0 Å². The van der Waals surface area contributed by atoms with Crippen molar-refractivity contribution in [3.05, 3.63) is 83.4 Å². The van der Waals surface area contributed by atoms with Gasteiger partial charge in [-0.2, -0.15) is 0 Å². The van der Waals surface area contributed by atoms with Crippen LogP contribution in [0.2, 0.25) is 0 Å².